The molecule has 0 amide bonds. The van der Waals surface area contributed by atoms with E-state index in [1.807, 2.05) is 27.2 Å². The Morgan fingerprint density at radius 1 is 0.593 bits per heavy atom. The van der Waals surface area contributed by atoms with Gasteiger partial charge in [0.25, 0.3) is 0 Å². The van der Waals surface area contributed by atoms with E-state index in [4.69, 9.17) is 18.5 Å². The number of esters is 2. The van der Waals surface area contributed by atoms with E-state index in [1.165, 1.54) is 38.5 Å². The van der Waals surface area contributed by atoms with Gasteiger partial charge in [0.2, 0.25) is 0 Å². The first-order chi connectivity index (χ1) is 26.0. The zero-order valence-corrected chi connectivity index (χ0v) is 35.6. The van der Waals surface area contributed by atoms with Crippen molar-refractivity contribution in [3.05, 3.63) is 72.9 Å². The van der Waals surface area contributed by atoms with Crippen molar-refractivity contribution < 1.29 is 42.1 Å². The molecule has 0 aromatic rings. The van der Waals surface area contributed by atoms with Crippen molar-refractivity contribution in [3.8, 4) is 0 Å². The lowest BCUT2D eigenvalue weighted by atomic mass is 10.1. The molecule has 0 aliphatic carbocycles. The fraction of sp³-hybridized carbons (Fsp3) is 0.682. The fourth-order valence-corrected chi connectivity index (χ4v) is 5.72. The topological polar surface area (TPSA) is 108 Å². The van der Waals surface area contributed by atoms with Gasteiger partial charge >= 0.3 is 19.8 Å². The summed E-state index contributed by atoms with van der Waals surface area (Å²) in [4.78, 5) is 35.2. The highest BCUT2D eigenvalue weighted by molar-refractivity contribution is 7.47. The van der Waals surface area contributed by atoms with Crippen LogP contribution < -0.4 is 0 Å². The molecule has 0 aliphatic rings. The molecule has 0 aliphatic heterocycles. The molecule has 0 saturated heterocycles. The minimum absolute atomic E-state index is 0.0167. The van der Waals surface area contributed by atoms with Gasteiger partial charge < -0.3 is 18.9 Å². The Kier molecular flexibility index (Phi) is 34.4. The summed E-state index contributed by atoms with van der Waals surface area (Å²) < 4.78 is 34.1. The Bertz CT molecular complexity index is 1150. The second-order valence-electron chi connectivity index (χ2n) is 14.6. The van der Waals surface area contributed by atoms with Crippen LogP contribution in [0.3, 0.4) is 0 Å². The van der Waals surface area contributed by atoms with E-state index < -0.39 is 32.5 Å². The lowest BCUT2D eigenvalue weighted by Crippen LogP contribution is -2.37. The highest BCUT2D eigenvalue weighted by Gasteiger charge is 2.27. The molecule has 54 heavy (non-hydrogen) atoms. The number of hydrogen-bond acceptors (Lipinski definition) is 7. The number of nitrogens with zero attached hydrogens (tertiary/aromatic N) is 1. The van der Waals surface area contributed by atoms with Gasteiger partial charge in [-0.1, -0.05) is 125 Å². The summed E-state index contributed by atoms with van der Waals surface area (Å²) in [6, 6.07) is 0. The number of likely N-dealkylation sites (N-methyl/N-ethyl adjacent to an activating group) is 1. The number of rotatable bonds is 36. The Hall–Kier alpha value is -2.55. The first-order valence-corrected chi connectivity index (χ1v) is 22.2. The highest BCUT2D eigenvalue weighted by atomic mass is 31.2. The molecule has 0 radical (unpaired) electrons. The van der Waals surface area contributed by atoms with Crippen LogP contribution in [0.5, 0.6) is 0 Å². The van der Waals surface area contributed by atoms with Crippen molar-refractivity contribution in [2.24, 2.45) is 0 Å². The van der Waals surface area contributed by atoms with Crippen molar-refractivity contribution in [3.63, 3.8) is 0 Å². The number of carbonyl (C=O) groups is 2. The smallest absolute Gasteiger partial charge is 0.462 e. The van der Waals surface area contributed by atoms with E-state index in [9.17, 15) is 19.0 Å². The molecule has 0 aromatic carbocycles. The summed E-state index contributed by atoms with van der Waals surface area (Å²) >= 11 is 0. The summed E-state index contributed by atoms with van der Waals surface area (Å²) in [7, 11) is 1.42. The maximum atomic E-state index is 12.6. The molecule has 0 rings (SSSR count). The molecule has 0 heterocycles. The second-order valence-corrected chi connectivity index (χ2v) is 16.1. The largest absolute Gasteiger partial charge is 0.472 e. The predicted octanol–water partition coefficient (Wildman–Crippen LogP) is 11.5. The van der Waals surface area contributed by atoms with Gasteiger partial charge in [-0.05, 0) is 77.0 Å². The zero-order valence-electron chi connectivity index (χ0n) is 34.7. The predicted molar refractivity (Wildman–Crippen MR) is 224 cm³/mol. The van der Waals surface area contributed by atoms with Gasteiger partial charge in [-0.25, -0.2) is 4.57 Å². The third-order valence-electron chi connectivity index (χ3n) is 8.22. The van der Waals surface area contributed by atoms with Crippen LogP contribution in [-0.4, -0.2) is 74.9 Å². The molecule has 10 heteroatoms. The van der Waals surface area contributed by atoms with Crippen molar-refractivity contribution in [2.75, 3.05) is 47.5 Å². The van der Waals surface area contributed by atoms with Gasteiger partial charge in [0, 0.05) is 12.8 Å². The Labute approximate surface area is 329 Å². The molecule has 0 fully saturated rings. The monoisotopic (exact) mass is 779 g/mol. The summed E-state index contributed by atoms with van der Waals surface area (Å²) in [6.07, 6.45) is 43.9. The lowest BCUT2D eigenvalue weighted by Gasteiger charge is -2.24. The third kappa shape index (κ3) is 39.2. The van der Waals surface area contributed by atoms with Gasteiger partial charge in [0.05, 0.1) is 27.7 Å². The van der Waals surface area contributed by atoms with Gasteiger partial charge in [-0.2, -0.15) is 0 Å². The number of ether oxygens (including phenoxy) is 2. The van der Waals surface area contributed by atoms with E-state index in [0.29, 0.717) is 23.9 Å². The van der Waals surface area contributed by atoms with Crippen LogP contribution >= 0.6 is 7.82 Å². The van der Waals surface area contributed by atoms with E-state index in [2.05, 4.69) is 80.7 Å². The van der Waals surface area contributed by atoms with Crippen LogP contribution in [0.1, 0.15) is 142 Å². The van der Waals surface area contributed by atoms with Gasteiger partial charge in [0.1, 0.15) is 19.8 Å². The van der Waals surface area contributed by atoms with Crippen LogP contribution in [-0.2, 0) is 32.7 Å². The molecule has 9 nitrogen and oxygen atoms in total. The maximum Gasteiger partial charge on any atom is 0.472 e. The molecule has 2 atom stereocenters. The molecular formula is C44H77NO8P+. The second kappa shape index (κ2) is 36.1. The summed E-state index contributed by atoms with van der Waals surface area (Å²) in [5.74, 6) is -0.894. The maximum absolute atomic E-state index is 12.6. The van der Waals surface area contributed by atoms with Crippen molar-refractivity contribution in [1.29, 1.82) is 0 Å². The number of allylic oxidation sites excluding steroid dienone is 12. The zero-order chi connectivity index (χ0) is 40.0. The Morgan fingerprint density at radius 3 is 1.65 bits per heavy atom. The summed E-state index contributed by atoms with van der Waals surface area (Å²) in [5, 5.41) is 0. The molecule has 0 aromatic heterocycles. The highest BCUT2D eigenvalue weighted by Crippen LogP contribution is 2.43. The van der Waals surface area contributed by atoms with Gasteiger partial charge in [-0.3, -0.25) is 18.6 Å². The van der Waals surface area contributed by atoms with E-state index in [0.717, 1.165) is 64.2 Å². The summed E-state index contributed by atoms with van der Waals surface area (Å²) in [5.41, 5.74) is 0. The van der Waals surface area contributed by atoms with E-state index >= 15 is 0 Å². The van der Waals surface area contributed by atoms with Crippen molar-refractivity contribution in [2.45, 2.75) is 148 Å². The first kappa shape index (κ1) is 51.5. The molecule has 0 bridgehead atoms. The van der Waals surface area contributed by atoms with Crippen LogP contribution in [0.25, 0.3) is 0 Å². The molecule has 1 unspecified atom stereocenters. The number of phosphoric ester groups is 1. The third-order valence-corrected chi connectivity index (χ3v) is 9.20. The molecule has 0 spiro atoms. The lowest BCUT2D eigenvalue weighted by molar-refractivity contribution is -0.870. The SMILES string of the molecule is CC/C=C/C/C=C/C/C=C/C/C=C/C/C=C/CCCC(=O)OC[C@H](COP(=O)(O)OCC[N+](C)(C)C)OC(=O)CCCCC/C=C/CCCCCCCC. The molecule has 310 valence electrons. The number of hydrogen-bond donors (Lipinski definition) is 1. The molecule has 0 saturated carbocycles. The molecule has 1 N–H and O–H groups in total. The van der Waals surface area contributed by atoms with E-state index in [-0.39, 0.29) is 26.1 Å². The first-order valence-electron chi connectivity index (χ1n) is 20.7. The number of phosphoric acid groups is 1. The number of carbonyl (C=O) groups excluding carboxylic acids is 2. The normalized spacial score (nSPS) is 14.4. The van der Waals surface area contributed by atoms with Gasteiger partial charge in [0.15, 0.2) is 6.10 Å². The Balaban J connectivity index is 4.53. The molecular weight excluding hydrogens is 701 g/mol. The Morgan fingerprint density at radius 2 is 1.07 bits per heavy atom. The van der Waals surface area contributed by atoms with Crippen LogP contribution in [0, 0.1) is 0 Å². The van der Waals surface area contributed by atoms with Crippen LogP contribution in [0.4, 0.5) is 0 Å². The van der Waals surface area contributed by atoms with Crippen LogP contribution in [0.15, 0.2) is 72.9 Å². The van der Waals surface area contributed by atoms with E-state index in [1.54, 1.807) is 0 Å². The average Bonchev–Trinajstić information content (AvgIpc) is 3.12. The minimum atomic E-state index is -4.39. The minimum Gasteiger partial charge on any atom is -0.462 e. The number of unbranched alkanes of at least 4 members (excludes halogenated alkanes) is 10. The quantitative estimate of drug-likeness (QED) is 0.0220. The van der Waals surface area contributed by atoms with Crippen molar-refractivity contribution >= 4 is 19.8 Å². The van der Waals surface area contributed by atoms with Crippen LogP contribution in [0.2, 0.25) is 0 Å². The van der Waals surface area contributed by atoms with Crippen molar-refractivity contribution in [1.82, 2.24) is 0 Å². The van der Waals surface area contributed by atoms with Gasteiger partial charge in [-0.15, -0.1) is 0 Å². The number of quaternary nitrogens is 1. The fourth-order valence-electron chi connectivity index (χ4n) is 4.98. The summed E-state index contributed by atoms with van der Waals surface area (Å²) in [6.45, 7) is 4.19. The standard InChI is InChI=1S/C44H76NO8P/c1-6-8-10-12-14-16-18-20-21-22-23-25-26-28-30-32-34-36-43(46)50-40-42(41-52-54(48,49)51-39-38-45(3,4)5)53-44(47)37-35-33-31-29-27-24-19-17-15-13-11-9-7-2/h8,10,14,16,20-21,23-25,27-28,30,42H,6-7,9,11-13,15,17-19,22,26,29,31-41H2,1-5H3/p+1/b10-8+,16-14+,21-20+,25-23+,27-24+,30-28+/t42-/m1/s1. The average molecular weight is 779 g/mol.